The molecule has 174 valence electrons. The molecule has 0 unspecified atom stereocenters. The third kappa shape index (κ3) is 3.79. The minimum atomic E-state index is -0.123. The van der Waals surface area contributed by atoms with Gasteiger partial charge >= 0.3 is 0 Å². The Morgan fingerprint density at radius 2 is 2.00 bits per heavy atom. The first-order valence-electron chi connectivity index (χ1n) is 11.7. The topological polar surface area (TPSA) is 102 Å². The Hall–Kier alpha value is -4.24. The van der Waals surface area contributed by atoms with E-state index in [-0.39, 0.29) is 11.9 Å². The van der Waals surface area contributed by atoms with Crippen LogP contribution in [0, 0.1) is 6.92 Å². The van der Waals surface area contributed by atoms with E-state index in [1.165, 1.54) is 0 Å². The summed E-state index contributed by atoms with van der Waals surface area (Å²) < 4.78 is 1.57. The van der Waals surface area contributed by atoms with Crippen molar-refractivity contribution in [3.05, 3.63) is 78.2 Å². The van der Waals surface area contributed by atoms with Gasteiger partial charge in [-0.2, -0.15) is 4.68 Å². The molecule has 5 aromatic rings. The minimum absolute atomic E-state index is 0.00269. The lowest BCUT2D eigenvalue weighted by Gasteiger charge is -2.34. The largest absolute Gasteiger partial charge is 0.315 e. The molecule has 1 aliphatic heterocycles. The number of piperidine rings is 1. The number of anilines is 1. The second kappa shape index (κ2) is 8.84. The molecule has 1 amide bonds. The second-order valence-corrected chi connectivity index (χ2v) is 8.74. The summed E-state index contributed by atoms with van der Waals surface area (Å²) in [6.07, 6.45) is 6.97. The van der Waals surface area contributed by atoms with Crippen LogP contribution >= 0.6 is 0 Å². The molecular formula is C26H24N8O. The molecule has 0 spiro atoms. The predicted molar refractivity (Wildman–Crippen MR) is 134 cm³/mol. The third-order valence-corrected chi connectivity index (χ3v) is 6.48. The van der Waals surface area contributed by atoms with Gasteiger partial charge in [0.1, 0.15) is 11.3 Å². The van der Waals surface area contributed by atoms with E-state index in [1.807, 2.05) is 29.2 Å². The molecule has 1 aliphatic rings. The fraction of sp³-hybridized carbons (Fsp3) is 0.231. The highest BCUT2D eigenvalue weighted by atomic mass is 16.2. The Bertz CT molecular complexity index is 1520. The van der Waals surface area contributed by atoms with E-state index in [1.54, 1.807) is 35.4 Å². The van der Waals surface area contributed by atoms with E-state index in [0.29, 0.717) is 28.4 Å². The number of aryl methyl sites for hydroxylation is 1. The van der Waals surface area contributed by atoms with E-state index in [4.69, 9.17) is 4.98 Å². The maximum Gasteiger partial charge on any atom is 0.261 e. The van der Waals surface area contributed by atoms with Crippen LogP contribution in [0.2, 0.25) is 0 Å². The van der Waals surface area contributed by atoms with Crippen molar-refractivity contribution in [1.29, 1.82) is 0 Å². The van der Waals surface area contributed by atoms with Gasteiger partial charge in [-0.15, -0.1) is 5.10 Å². The average molecular weight is 465 g/mol. The summed E-state index contributed by atoms with van der Waals surface area (Å²) in [4.78, 5) is 29.4. The zero-order valence-electron chi connectivity index (χ0n) is 19.3. The Morgan fingerprint density at radius 1 is 1.06 bits per heavy atom. The van der Waals surface area contributed by atoms with Crippen LogP contribution in [-0.4, -0.2) is 55.0 Å². The number of benzene rings is 1. The number of rotatable bonds is 4. The van der Waals surface area contributed by atoms with Crippen molar-refractivity contribution in [2.75, 3.05) is 18.0 Å². The Morgan fingerprint density at radius 3 is 2.83 bits per heavy atom. The van der Waals surface area contributed by atoms with Crippen LogP contribution in [0.1, 0.15) is 28.8 Å². The van der Waals surface area contributed by atoms with Crippen LogP contribution in [0.25, 0.3) is 27.8 Å². The molecule has 1 saturated heterocycles. The van der Waals surface area contributed by atoms with E-state index in [0.717, 1.165) is 42.3 Å². The Balaban J connectivity index is 1.41. The summed E-state index contributed by atoms with van der Waals surface area (Å²) in [6, 6.07) is 15.3. The van der Waals surface area contributed by atoms with E-state index in [9.17, 15) is 4.79 Å². The molecule has 0 radical (unpaired) electrons. The minimum Gasteiger partial charge on any atom is -0.315 e. The highest BCUT2D eigenvalue weighted by Gasteiger charge is 2.30. The van der Waals surface area contributed by atoms with Crippen LogP contribution in [0.15, 0.2) is 67.1 Å². The van der Waals surface area contributed by atoms with Gasteiger partial charge in [-0.1, -0.05) is 23.4 Å². The van der Waals surface area contributed by atoms with Gasteiger partial charge in [0.2, 0.25) is 0 Å². The van der Waals surface area contributed by atoms with Crippen molar-refractivity contribution in [2.45, 2.75) is 25.8 Å². The van der Waals surface area contributed by atoms with Gasteiger partial charge in [0, 0.05) is 30.5 Å². The number of carbonyl (C=O) groups excluding carboxylic acids is 1. The third-order valence-electron chi connectivity index (χ3n) is 6.48. The standard InChI is InChI=1S/C26H24N8O/c1-17-5-2-6-18-11-14-29-25(23(17)18)33(20-7-3-12-27-16-20)26(35)19-9-10-22(30-15-19)34-24-21(31-32-34)8-4-13-28-24/h2,4-6,8-11,13-15,20,27H,3,7,12,16H2,1H3/t20-/m1/s1. The second-order valence-electron chi connectivity index (χ2n) is 8.74. The molecule has 1 aromatic carbocycles. The van der Waals surface area contributed by atoms with Gasteiger partial charge in [-0.3, -0.25) is 9.69 Å². The monoisotopic (exact) mass is 464 g/mol. The lowest BCUT2D eigenvalue weighted by Crippen LogP contribution is -2.49. The molecule has 1 fully saturated rings. The van der Waals surface area contributed by atoms with Gasteiger partial charge in [-0.05, 0) is 67.6 Å². The van der Waals surface area contributed by atoms with Gasteiger partial charge < -0.3 is 5.32 Å². The number of hydrogen-bond acceptors (Lipinski definition) is 7. The van der Waals surface area contributed by atoms with Crippen LogP contribution < -0.4 is 10.2 Å². The molecule has 0 bridgehead atoms. The SMILES string of the molecule is Cc1cccc2ccnc(N(C(=O)c3ccc(-n4nnc5cccnc54)nc3)[C@@H]3CCCNC3)c12. The average Bonchev–Trinajstić information content (AvgIpc) is 3.34. The van der Waals surface area contributed by atoms with Crippen molar-refractivity contribution < 1.29 is 4.79 Å². The van der Waals surface area contributed by atoms with Crippen molar-refractivity contribution >= 4 is 33.7 Å². The fourth-order valence-electron chi connectivity index (χ4n) is 4.76. The van der Waals surface area contributed by atoms with Crippen molar-refractivity contribution in [1.82, 2.24) is 35.3 Å². The fourth-order valence-corrected chi connectivity index (χ4v) is 4.76. The molecule has 0 saturated carbocycles. The van der Waals surface area contributed by atoms with Crippen LogP contribution in [-0.2, 0) is 0 Å². The van der Waals surface area contributed by atoms with Crippen LogP contribution in [0.3, 0.4) is 0 Å². The highest BCUT2D eigenvalue weighted by Crippen LogP contribution is 2.31. The zero-order chi connectivity index (χ0) is 23.8. The maximum atomic E-state index is 14.0. The molecule has 9 heteroatoms. The van der Waals surface area contributed by atoms with Crippen LogP contribution in [0.4, 0.5) is 5.82 Å². The van der Waals surface area contributed by atoms with Gasteiger partial charge in [-0.25, -0.2) is 15.0 Å². The molecule has 9 nitrogen and oxygen atoms in total. The zero-order valence-corrected chi connectivity index (χ0v) is 19.3. The first-order chi connectivity index (χ1) is 17.2. The first kappa shape index (κ1) is 21.3. The number of pyridine rings is 3. The number of amides is 1. The molecule has 4 aromatic heterocycles. The Kier molecular flexibility index (Phi) is 5.38. The number of nitrogens with one attached hydrogen (secondary N) is 1. The smallest absolute Gasteiger partial charge is 0.261 e. The molecule has 35 heavy (non-hydrogen) atoms. The number of fused-ring (bicyclic) bond motifs is 2. The Labute approximate surface area is 201 Å². The lowest BCUT2D eigenvalue weighted by atomic mass is 10.0. The summed E-state index contributed by atoms with van der Waals surface area (Å²) in [5.41, 5.74) is 2.88. The van der Waals surface area contributed by atoms with E-state index < -0.39 is 0 Å². The summed E-state index contributed by atoms with van der Waals surface area (Å²) in [7, 11) is 0. The van der Waals surface area contributed by atoms with Gasteiger partial charge in [0.15, 0.2) is 11.5 Å². The summed E-state index contributed by atoms with van der Waals surface area (Å²) >= 11 is 0. The van der Waals surface area contributed by atoms with Crippen LogP contribution in [0.5, 0.6) is 0 Å². The van der Waals surface area contributed by atoms with Crippen molar-refractivity contribution in [3.63, 3.8) is 0 Å². The number of nitrogens with zero attached hydrogens (tertiary/aromatic N) is 7. The normalized spacial score (nSPS) is 16.0. The molecule has 5 heterocycles. The van der Waals surface area contributed by atoms with Gasteiger partial charge in [0.05, 0.1) is 11.6 Å². The van der Waals surface area contributed by atoms with E-state index >= 15 is 0 Å². The van der Waals surface area contributed by atoms with Crippen molar-refractivity contribution in [3.8, 4) is 5.82 Å². The van der Waals surface area contributed by atoms with Gasteiger partial charge in [0.25, 0.3) is 5.91 Å². The molecule has 6 rings (SSSR count). The maximum absolute atomic E-state index is 14.0. The molecule has 0 aliphatic carbocycles. The molecule has 1 atom stereocenters. The summed E-state index contributed by atoms with van der Waals surface area (Å²) in [6.45, 7) is 3.73. The number of hydrogen-bond donors (Lipinski definition) is 1. The number of aromatic nitrogens is 6. The highest BCUT2D eigenvalue weighted by molar-refractivity contribution is 6.10. The predicted octanol–water partition coefficient (Wildman–Crippen LogP) is 3.47. The van der Waals surface area contributed by atoms with E-state index in [2.05, 4.69) is 44.7 Å². The number of carbonyl (C=O) groups is 1. The molecular weight excluding hydrogens is 440 g/mol. The summed E-state index contributed by atoms with van der Waals surface area (Å²) in [5, 5.41) is 13.8. The van der Waals surface area contributed by atoms with Crippen molar-refractivity contribution in [2.24, 2.45) is 0 Å². The quantitative estimate of drug-likeness (QED) is 0.435. The first-order valence-corrected chi connectivity index (χ1v) is 11.7. The molecule has 1 N–H and O–H groups in total. The summed E-state index contributed by atoms with van der Waals surface area (Å²) in [5.74, 6) is 1.12. The lowest BCUT2D eigenvalue weighted by molar-refractivity contribution is 0.0971.